The molecule has 0 spiro atoms. The monoisotopic (exact) mass is 457 g/mol. The van der Waals surface area contributed by atoms with Crippen LogP contribution in [0.1, 0.15) is 63.5 Å². The first-order valence-electron chi connectivity index (χ1n) is 11.3. The summed E-state index contributed by atoms with van der Waals surface area (Å²) in [5, 5.41) is 11.4. The molecule has 31 heavy (non-hydrogen) atoms. The number of amides is 1. The van der Waals surface area contributed by atoms with Crippen LogP contribution in [0.2, 0.25) is 10.0 Å². The van der Waals surface area contributed by atoms with E-state index in [0.717, 1.165) is 30.5 Å². The molecule has 4 rings (SSSR count). The molecule has 0 radical (unpaired) electrons. The van der Waals surface area contributed by atoms with Gasteiger partial charge in [0.2, 0.25) is 0 Å². The number of nitrogens with one attached hydrogen (secondary N) is 1. The van der Waals surface area contributed by atoms with E-state index in [0.29, 0.717) is 15.8 Å². The Bertz CT molecular complexity index is 936. The Balaban J connectivity index is 1.68. The number of hydrogen-bond acceptors (Lipinski definition) is 3. The van der Waals surface area contributed by atoms with Gasteiger partial charge in [-0.25, -0.2) is 0 Å². The van der Waals surface area contributed by atoms with Gasteiger partial charge in [0.15, 0.2) is 0 Å². The lowest BCUT2D eigenvalue weighted by Gasteiger charge is -2.28. The highest BCUT2D eigenvalue weighted by Crippen LogP contribution is 2.43. The number of hydrazone groups is 1. The third-order valence-electron chi connectivity index (χ3n) is 6.38. The molecule has 1 heterocycles. The van der Waals surface area contributed by atoms with Gasteiger partial charge in [0, 0.05) is 17.0 Å². The van der Waals surface area contributed by atoms with Crippen LogP contribution < -0.4 is 10.3 Å². The zero-order chi connectivity index (χ0) is 21.8. The molecule has 1 N–H and O–H groups in total. The van der Waals surface area contributed by atoms with E-state index in [4.69, 9.17) is 28.3 Å². The topological polar surface area (TPSA) is 44.7 Å². The Kier molecular flexibility index (Phi) is 7.19. The molecule has 2 aromatic rings. The lowest BCUT2D eigenvalue weighted by molar-refractivity contribution is -0.115. The summed E-state index contributed by atoms with van der Waals surface area (Å²) in [6, 6.07) is 15.6. The van der Waals surface area contributed by atoms with Crippen molar-refractivity contribution < 1.29 is 4.79 Å². The maximum absolute atomic E-state index is 13.4. The average Bonchev–Trinajstić information content (AvgIpc) is 2.97. The summed E-state index contributed by atoms with van der Waals surface area (Å²) >= 11 is 12.7. The van der Waals surface area contributed by atoms with Crippen molar-refractivity contribution in [3.8, 4) is 0 Å². The van der Waals surface area contributed by atoms with Crippen molar-refractivity contribution in [2.45, 2.75) is 64.0 Å². The number of nitrogens with zero attached hydrogens (tertiary/aromatic N) is 2. The fourth-order valence-electron chi connectivity index (χ4n) is 4.76. The Hall–Kier alpha value is -2.04. The molecule has 0 bridgehead atoms. The first kappa shape index (κ1) is 22.2. The highest BCUT2D eigenvalue weighted by atomic mass is 35.5. The van der Waals surface area contributed by atoms with Gasteiger partial charge in [-0.2, -0.15) is 5.10 Å². The van der Waals surface area contributed by atoms with Crippen molar-refractivity contribution in [1.82, 2.24) is 5.32 Å². The maximum atomic E-state index is 13.4. The molecule has 1 fully saturated rings. The first-order chi connectivity index (χ1) is 15.1. The van der Waals surface area contributed by atoms with Crippen molar-refractivity contribution in [3.63, 3.8) is 0 Å². The normalized spacial score (nSPS) is 22.2. The molecule has 164 valence electrons. The van der Waals surface area contributed by atoms with E-state index < -0.39 is 0 Å². The zero-order valence-electron chi connectivity index (χ0n) is 17.9. The van der Waals surface area contributed by atoms with Crippen LogP contribution in [-0.4, -0.2) is 17.7 Å². The molecule has 0 aromatic heterocycles. The third-order valence-corrected chi connectivity index (χ3v) is 6.96. The van der Waals surface area contributed by atoms with Crippen LogP contribution in [0.3, 0.4) is 0 Å². The fourth-order valence-corrected chi connectivity index (χ4v) is 5.11. The van der Waals surface area contributed by atoms with E-state index in [1.807, 2.05) is 53.5 Å². The Morgan fingerprint density at radius 3 is 2.35 bits per heavy atom. The van der Waals surface area contributed by atoms with Gasteiger partial charge < -0.3 is 5.32 Å². The number of anilines is 1. The molecule has 6 heteroatoms. The summed E-state index contributed by atoms with van der Waals surface area (Å²) in [6.45, 7) is 2.11. The fraction of sp³-hybridized carbons (Fsp3) is 0.440. The maximum Gasteiger partial charge on any atom is 0.268 e. The predicted octanol–water partition coefficient (Wildman–Crippen LogP) is 6.78. The van der Waals surface area contributed by atoms with E-state index in [9.17, 15) is 4.79 Å². The molecule has 0 saturated heterocycles. The van der Waals surface area contributed by atoms with Crippen molar-refractivity contribution >= 4 is 40.5 Å². The SMILES string of the molecule is CC[C@H]1C(C(=O)NC2CCCCCC2)=NN(c2ccccc2Cl)[C@H]1c1ccc(Cl)cc1. The van der Waals surface area contributed by atoms with Gasteiger partial charge in [-0.3, -0.25) is 9.80 Å². The Morgan fingerprint density at radius 1 is 1.03 bits per heavy atom. The average molecular weight is 458 g/mol. The van der Waals surface area contributed by atoms with Crippen LogP contribution in [0.15, 0.2) is 53.6 Å². The lowest BCUT2D eigenvalue weighted by Crippen LogP contribution is -2.41. The van der Waals surface area contributed by atoms with Crippen LogP contribution in [0.5, 0.6) is 0 Å². The van der Waals surface area contributed by atoms with E-state index >= 15 is 0 Å². The second-order valence-electron chi connectivity index (χ2n) is 8.45. The standard InChI is InChI=1S/C25H29Cl2N3O/c1-2-20-23(25(31)28-19-9-5-3-4-6-10-19)29-30(22-12-8-7-11-21(22)27)24(20)17-13-15-18(26)16-14-17/h7-8,11-16,19-20,24H,2-6,9-10H2,1H3,(H,28,31)/t20-,24-/m0/s1. The Labute approximate surface area is 194 Å². The van der Waals surface area contributed by atoms with Crippen LogP contribution in [0.25, 0.3) is 0 Å². The molecule has 1 amide bonds. The summed E-state index contributed by atoms with van der Waals surface area (Å²) in [5.41, 5.74) is 2.46. The number of benzene rings is 2. The zero-order valence-corrected chi connectivity index (χ0v) is 19.4. The molecule has 1 aliphatic carbocycles. The second-order valence-corrected chi connectivity index (χ2v) is 9.30. The summed E-state index contributed by atoms with van der Waals surface area (Å²) in [5.74, 6) is -0.0875. The van der Waals surface area contributed by atoms with Gasteiger partial charge in [0.25, 0.3) is 5.91 Å². The summed E-state index contributed by atoms with van der Waals surface area (Å²) < 4.78 is 0. The molecule has 2 aromatic carbocycles. The quantitative estimate of drug-likeness (QED) is 0.502. The van der Waals surface area contributed by atoms with Crippen LogP contribution in [0, 0.1) is 5.92 Å². The largest absolute Gasteiger partial charge is 0.348 e. The van der Waals surface area contributed by atoms with E-state index in [2.05, 4.69) is 12.2 Å². The number of carbonyl (C=O) groups excluding carboxylic acids is 1. The lowest BCUT2D eigenvalue weighted by atomic mass is 9.87. The van der Waals surface area contributed by atoms with Gasteiger partial charge in [0.1, 0.15) is 5.71 Å². The molecule has 4 nitrogen and oxygen atoms in total. The molecule has 2 atom stereocenters. The van der Waals surface area contributed by atoms with E-state index in [1.165, 1.54) is 25.7 Å². The third kappa shape index (κ3) is 4.91. The highest BCUT2D eigenvalue weighted by molar-refractivity contribution is 6.41. The first-order valence-corrected chi connectivity index (χ1v) is 12.0. The number of hydrogen-bond donors (Lipinski definition) is 1. The predicted molar refractivity (Wildman–Crippen MR) is 129 cm³/mol. The molecule has 2 aliphatic rings. The summed E-state index contributed by atoms with van der Waals surface area (Å²) in [4.78, 5) is 13.4. The van der Waals surface area contributed by atoms with Gasteiger partial charge in [-0.15, -0.1) is 0 Å². The van der Waals surface area contributed by atoms with Crippen LogP contribution in [-0.2, 0) is 4.79 Å². The smallest absolute Gasteiger partial charge is 0.268 e. The summed E-state index contributed by atoms with van der Waals surface area (Å²) in [7, 11) is 0. The number of para-hydroxylation sites is 1. The molecule has 1 saturated carbocycles. The van der Waals surface area contributed by atoms with Crippen molar-refractivity contribution in [3.05, 3.63) is 64.1 Å². The van der Waals surface area contributed by atoms with Gasteiger partial charge >= 0.3 is 0 Å². The van der Waals surface area contributed by atoms with E-state index in [1.54, 1.807) is 0 Å². The van der Waals surface area contributed by atoms with Gasteiger partial charge in [-0.05, 0) is 49.1 Å². The molecule has 0 unspecified atom stereocenters. The van der Waals surface area contributed by atoms with Crippen molar-refractivity contribution in [2.24, 2.45) is 11.0 Å². The summed E-state index contributed by atoms with van der Waals surface area (Å²) in [6.07, 6.45) is 7.75. The Morgan fingerprint density at radius 2 is 1.71 bits per heavy atom. The minimum atomic E-state index is -0.114. The second kappa shape index (κ2) is 10.1. The van der Waals surface area contributed by atoms with Gasteiger partial charge in [0.05, 0.1) is 16.8 Å². The molecular weight excluding hydrogens is 429 g/mol. The minimum Gasteiger partial charge on any atom is -0.348 e. The number of halogens is 2. The minimum absolute atomic E-state index is 0.0387. The number of rotatable bonds is 5. The van der Waals surface area contributed by atoms with Crippen LogP contribution >= 0.6 is 23.2 Å². The van der Waals surface area contributed by atoms with Crippen LogP contribution in [0.4, 0.5) is 5.69 Å². The van der Waals surface area contributed by atoms with Crippen molar-refractivity contribution in [2.75, 3.05) is 5.01 Å². The highest BCUT2D eigenvalue weighted by Gasteiger charge is 2.41. The molecule has 1 aliphatic heterocycles. The molecular formula is C25H29Cl2N3O. The number of carbonyl (C=O) groups is 1. The van der Waals surface area contributed by atoms with Crippen molar-refractivity contribution in [1.29, 1.82) is 0 Å². The van der Waals surface area contributed by atoms with Gasteiger partial charge in [-0.1, -0.05) is 80.1 Å². The van der Waals surface area contributed by atoms with E-state index in [-0.39, 0.29) is 23.9 Å².